The van der Waals surface area contributed by atoms with E-state index < -0.39 is 0 Å². The highest BCUT2D eigenvalue weighted by molar-refractivity contribution is 7.09. The molecule has 9 heteroatoms. The van der Waals surface area contributed by atoms with E-state index in [2.05, 4.69) is 43.9 Å². The normalized spacial score (nSPS) is 15.9. The van der Waals surface area contributed by atoms with Gasteiger partial charge in [0.05, 0.1) is 19.3 Å². The molecule has 1 fully saturated rings. The van der Waals surface area contributed by atoms with Gasteiger partial charge in [0, 0.05) is 24.5 Å². The lowest BCUT2D eigenvalue weighted by molar-refractivity contribution is -0.121. The Labute approximate surface area is 173 Å². The predicted octanol–water partition coefficient (Wildman–Crippen LogP) is 1.52. The fourth-order valence-corrected chi connectivity index (χ4v) is 4.20. The van der Waals surface area contributed by atoms with Crippen LogP contribution in [0.2, 0.25) is 0 Å². The van der Waals surface area contributed by atoms with Crippen LogP contribution in [0.25, 0.3) is 0 Å². The van der Waals surface area contributed by atoms with Crippen LogP contribution in [0.5, 0.6) is 0 Å². The lowest BCUT2D eigenvalue weighted by Crippen LogP contribution is -2.41. The Morgan fingerprint density at radius 2 is 2.00 bits per heavy atom. The van der Waals surface area contributed by atoms with Gasteiger partial charge in [0.2, 0.25) is 5.91 Å². The summed E-state index contributed by atoms with van der Waals surface area (Å²) >= 11 is 1.70. The summed E-state index contributed by atoms with van der Waals surface area (Å²) in [4.78, 5) is 16.0. The van der Waals surface area contributed by atoms with Crippen molar-refractivity contribution < 1.29 is 9.53 Å². The van der Waals surface area contributed by atoms with Crippen molar-refractivity contribution in [3.05, 3.63) is 64.1 Å². The molecule has 1 amide bonds. The van der Waals surface area contributed by atoms with Crippen LogP contribution < -0.4 is 5.32 Å². The van der Waals surface area contributed by atoms with E-state index in [4.69, 9.17) is 4.74 Å². The van der Waals surface area contributed by atoms with Crippen molar-refractivity contribution >= 4 is 17.2 Å². The van der Waals surface area contributed by atoms with Crippen molar-refractivity contribution in [2.45, 2.75) is 19.0 Å². The van der Waals surface area contributed by atoms with Crippen molar-refractivity contribution in [1.82, 2.24) is 30.4 Å². The summed E-state index contributed by atoms with van der Waals surface area (Å²) in [5.41, 5.74) is 1.10. The van der Waals surface area contributed by atoms with Crippen LogP contribution in [0.15, 0.2) is 47.8 Å². The number of carbonyl (C=O) groups excluding carboxylic acids is 1. The van der Waals surface area contributed by atoms with E-state index in [1.807, 2.05) is 29.6 Å². The molecule has 0 radical (unpaired) electrons. The molecule has 2 aromatic heterocycles. The van der Waals surface area contributed by atoms with Crippen LogP contribution >= 0.6 is 11.3 Å². The molecule has 0 unspecified atom stereocenters. The molecule has 0 bridgehead atoms. The summed E-state index contributed by atoms with van der Waals surface area (Å²) in [5, 5.41) is 17.2. The van der Waals surface area contributed by atoms with Gasteiger partial charge in [0.25, 0.3) is 0 Å². The van der Waals surface area contributed by atoms with Gasteiger partial charge in [-0.3, -0.25) is 9.69 Å². The Morgan fingerprint density at radius 3 is 2.76 bits per heavy atom. The minimum atomic E-state index is -0.117. The highest BCUT2D eigenvalue weighted by Crippen LogP contribution is 2.27. The molecule has 1 aromatic carbocycles. The van der Waals surface area contributed by atoms with Crippen molar-refractivity contribution in [3.63, 3.8) is 0 Å². The number of ether oxygens (including phenoxy) is 1. The number of hydrogen-bond acceptors (Lipinski definition) is 7. The third-order valence-electron chi connectivity index (χ3n) is 4.90. The average molecular weight is 413 g/mol. The van der Waals surface area contributed by atoms with Gasteiger partial charge in [0.1, 0.15) is 6.54 Å². The standard InChI is InChI=1S/C20H24N6O2S/c27-18(21-9-8-17-7-4-14-29-17)15-26-20(22-23-24-26)19(16-5-2-1-3-6-16)25-10-12-28-13-11-25/h1-7,14,19H,8-13,15H2,(H,21,27)/t19-/m1/s1. The Kier molecular flexibility index (Phi) is 6.60. The van der Waals surface area contributed by atoms with Gasteiger partial charge in [0.15, 0.2) is 5.82 Å². The molecule has 0 aliphatic carbocycles. The van der Waals surface area contributed by atoms with Crippen molar-refractivity contribution in [2.75, 3.05) is 32.8 Å². The van der Waals surface area contributed by atoms with E-state index in [-0.39, 0.29) is 18.5 Å². The molecule has 4 rings (SSSR count). The van der Waals surface area contributed by atoms with Crippen LogP contribution in [0.4, 0.5) is 0 Å². The largest absolute Gasteiger partial charge is 0.379 e. The number of morpholine rings is 1. The fourth-order valence-electron chi connectivity index (χ4n) is 3.49. The predicted molar refractivity (Wildman–Crippen MR) is 110 cm³/mol. The Hall–Kier alpha value is -2.62. The first-order valence-electron chi connectivity index (χ1n) is 9.73. The van der Waals surface area contributed by atoms with Crippen LogP contribution in [0, 0.1) is 0 Å². The Balaban J connectivity index is 1.47. The van der Waals surface area contributed by atoms with Gasteiger partial charge in [-0.15, -0.1) is 16.4 Å². The first-order valence-corrected chi connectivity index (χ1v) is 10.6. The van der Waals surface area contributed by atoms with E-state index in [0.29, 0.717) is 25.6 Å². The second kappa shape index (κ2) is 9.73. The zero-order chi connectivity index (χ0) is 19.9. The molecule has 0 saturated carbocycles. The number of aromatic nitrogens is 4. The quantitative estimate of drug-likeness (QED) is 0.604. The number of tetrazole rings is 1. The van der Waals surface area contributed by atoms with Crippen molar-refractivity contribution in [1.29, 1.82) is 0 Å². The number of carbonyl (C=O) groups is 1. The first kappa shape index (κ1) is 19.7. The molecule has 3 aromatic rings. The molecule has 1 aliphatic rings. The molecule has 152 valence electrons. The number of rotatable bonds is 8. The second-order valence-corrected chi connectivity index (χ2v) is 7.87. The number of amides is 1. The molecule has 1 saturated heterocycles. The summed E-state index contributed by atoms with van der Waals surface area (Å²) in [6, 6.07) is 14.1. The lowest BCUT2D eigenvalue weighted by atomic mass is 10.0. The van der Waals surface area contributed by atoms with E-state index in [1.165, 1.54) is 4.88 Å². The number of nitrogens with zero attached hydrogens (tertiary/aromatic N) is 5. The molecule has 29 heavy (non-hydrogen) atoms. The van der Waals surface area contributed by atoms with E-state index in [9.17, 15) is 4.79 Å². The first-order chi connectivity index (χ1) is 14.3. The van der Waals surface area contributed by atoms with E-state index in [1.54, 1.807) is 16.0 Å². The van der Waals surface area contributed by atoms with Gasteiger partial charge in [-0.25, -0.2) is 4.68 Å². The minimum Gasteiger partial charge on any atom is -0.379 e. The summed E-state index contributed by atoms with van der Waals surface area (Å²) in [6.07, 6.45) is 0.826. The number of nitrogens with one attached hydrogen (secondary N) is 1. The van der Waals surface area contributed by atoms with E-state index >= 15 is 0 Å². The number of benzene rings is 1. The molecule has 0 spiro atoms. The molecular weight excluding hydrogens is 388 g/mol. The van der Waals surface area contributed by atoms with Crippen LogP contribution in [0.3, 0.4) is 0 Å². The monoisotopic (exact) mass is 412 g/mol. The Bertz CT molecular complexity index is 893. The number of hydrogen-bond donors (Lipinski definition) is 1. The average Bonchev–Trinajstić information content (AvgIpc) is 3.43. The van der Waals surface area contributed by atoms with Gasteiger partial charge >= 0.3 is 0 Å². The molecular formula is C20H24N6O2S. The van der Waals surface area contributed by atoms with Gasteiger partial charge < -0.3 is 10.1 Å². The molecule has 1 atom stereocenters. The van der Waals surface area contributed by atoms with Crippen molar-refractivity contribution in [3.8, 4) is 0 Å². The summed E-state index contributed by atoms with van der Waals surface area (Å²) in [5.74, 6) is 0.579. The van der Waals surface area contributed by atoms with Crippen LogP contribution in [0.1, 0.15) is 22.3 Å². The zero-order valence-corrected chi connectivity index (χ0v) is 16.9. The van der Waals surface area contributed by atoms with Crippen LogP contribution in [-0.4, -0.2) is 63.9 Å². The SMILES string of the molecule is O=C(Cn1nnnc1[C@@H](c1ccccc1)N1CCOCC1)NCCc1cccs1. The van der Waals surface area contributed by atoms with Gasteiger partial charge in [-0.2, -0.15) is 0 Å². The summed E-state index contributed by atoms with van der Waals surface area (Å²) < 4.78 is 7.11. The molecule has 8 nitrogen and oxygen atoms in total. The van der Waals surface area contributed by atoms with Gasteiger partial charge in [-0.1, -0.05) is 36.4 Å². The highest BCUT2D eigenvalue weighted by Gasteiger charge is 2.29. The van der Waals surface area contributed by atoms with E-state index in [0.717, 1.165) is 25.1 Å². The summed E-state index contributed by atoms with van der Waals surface area (Å²) in [6.45, 7) is 3.63. The second-order valence-electron chi connectivity index (χ2n) is 6.84. The third kappa shape index (κ3) is 5.06. The maximum absolute atomic E-state index is 12.5. The zero-order valence-electron chi connectivity index (χ0n) is 16.1. The Morgan fingerprint density at radius 1 is 1.17 bits per heavy atom. The fraction of sp³-hybridized carbons (Fsp3) is 0.400. The molecule has 3 heterocycles. The van der Waals surface area contributed by atoms with Crippen LogP contribution in [-0.2, 0) is 22.5 Å². The van der Waals surface area contributed by atoms with Crippen molar-refractivity contribution in [2.24, 2.45) is 0 Å². The highest BCUT2D eigenvalue weighted by atomic mass is 32.1. The number of thiophene rings is 1. The topological polar surface area (TPSA) is 85.2 Å². The smallest absolute Gasteiger partial charge is 0.241 e. The summed E-state index contributed by atoms with van der Waals surface area (Å²) in [7, 11) is 0. The minimum absolute atomic E-state index is 0.0936. The third-order valence-corrected chi connectivity index (χ3v) is 5.83. The maximum atomic E-state index is 12.5. The molecule has 1 aliphatic heterocycles. The maximum Gasteiger partial charge on any atom is 0.241 e. The van der Waals surface area contributed by atoms with Gasteiger partial charge in [-0.05, 0) is 33.9 Å². The lowest BCUT2D eigenvalue weighted by Gasteiger charge is -2.33. The molecule has 1 N–H and O–H groups in total.